The van der Waals surface area contributed by atoms with Crippen LogP contribution in [0.15, 0.2) is 24.3 Å². The number of aryl methyl sites for hydroxylation is 2. The third-order valence-corrected chi connectivity index (χ3v) is 5.25. The number of aromatic nitrogens is 2. The number of rotatable bonds is 5. The molecular formula is C21H27ClN4O2. The van der Waals surface area contributed by atoms with Gasteiger partial charge in [0.25, 0.3) is 5.91 Å². The van der Waals surface area contributed by atoms with E-state index in [1.807, 2.05) is 30.9 Å². The highest BCUT2D eigenvalue weighted by atomic mass is 35.5. The van der Waals surface area contributed by atoms with Gasteiger partial charge in [-0.3, -0.25) is 4.79 Å². The molecule has 0 saturated carbocycles. The van der Waals surface area contributed by atoms with Crippen molar-refractivity contribution in [2.75, 3.05) is 37.7 Å². The Kier molecular flexibility index (Phi) is 6.39. The van der Waals surface area contributed by atoms with Crippen LogP contribution in [0.1, 0.15) is 36.8 Å². The van der Waals surface area contributed by atoms with Gasteiger partial charge in [0.1, 0.15) is 17.4 Å². The van der Waals surface area contributed by atoms with Crippen molar-refractivity contribution in [1.82, 2.24) is 14.9 Å². The third kappa shape index (κ3) is 4.93. The third-order valence-electron chi connectivity index (χ3n) is 4.82. The molecule has 1 saturated heterocycles. The van der Waals surface area contributed by atoms with E-state index >= 15 is 0 Å². The Morgan fingerprint density at radius 3 is 2.50 bits per heavy atom. The van der Waals surface area contributed by atoms with Crippen molar-refractivity contribution in [3.05, 3.63) is 46.4 Å². The van der Waals surface area contributed by atoms with E-state index in [4.69, 9.17) is 21.3 Å². The van der Waals surface area contributed by atoms with Gasteiger partial charge >= 0.3 is 0 Å². The summed E-state index contributed by atoms with van der Waals surface area (Å²) in [5.41, 5.74) is 1.90. The molecule has 1 fully saturated rings. The number of ether oxygens (including phenoxy) is 1. The van der Waals surface area contributed by atoms with Gasteiger partial charge in [-0.15, -0.1) is 0 Å². The van der Waals surface area contributed by atoms with Crippen molar-refractivity contribution in [1.29, 1.82) is 0 Å². The fraction of sp³-hybridized carbons (Fsp3) is 0.476. The second-order valence-electron chi connectivity index (χ2n) is 7.45. The molecule has 0 unspecified atom stereocenters. The lowest BCUT2D eigenvalue weighted by Crippen LogP contribution is -2.50. The van der Waals surface area contributed by atoms with Crippen LogP contribution in [0.25, 0.3) is 0 Å². The smallest absolute Gasteiger partial charge is 0.260 e. The highest BCUT2D eigenvalue weighted by Gasteiger charge is 2.23. The number of carbonyl (C=O) groups excluding carboxylic acids is 1. The second-order valence-corrected chi connectivity index (χ2v) is 7.86. The quantitative estimate of drug-likeness (QED) is 0.764. The lowest BCUT2D eigenvalue weighted by Gasteiger charge is -2.35. The Hall–Kier alpha value is -2.34. The maximum absolute atomic E-state index is 12.5. The van der Waals surface area contributed by atoms with E-state index in [9.17, 15) is 4.79 Å². The number of hydrogen-bond donors (Lipinski definition) is 0. The number of hydrogen-bond acceptors (Lipinski definition) is 5. The highest BCUT2D eigenvalue weighted by molar-refractivity contribution is 6.31. The van der Waals surface area contributed by atoms with Gasteiger partial charge in [0.05, 0.1) is 0 Å². The first-order valence-corrected chi connectivity index (χ1v) is 9.98. The van der Waals surface area contributed by atoms with Crippen molar-refractivity contribution in [3.63, 3.8) is 0 Å². The number of carbonyl (C=O) groups is 1. The van der Waals surface area contributed by atoms with Crippen LogP contribution in [0.2, 0.25) is 5.02 Å². The van der Waals surface area contributed by atoms with E-state index in [-0.39, 0.29) is 18.4 Å². The van der Waals surface area contributed by atoms with Crippen molar-refractivity contribution in [3.8, 4) is 5.75 Å². The van der Waals surface area contributed by atoms with E-state index in [1.54, 1.807) is 12.1 Å². The summed E-state index contributed by atoms with van der Waals surface area (Å²) >= 11 is 6.02. The molecule has 2 aromatic rings. The molecule has 0 aliphatic carbocycles. The predicted octanol–water partition coefficient (Wildman–Crippen LogP) is 3.60. The van der Waals surface area contributed by atoms with Crippen molar-refractivity contribution < 1.29 is 9.53 Å². The average Bonchev–Trinajstić information content (AvgIpc) is 2.68. The van der Waals surface area contributed by atoms with Crippen molar-refractivity contribution in [2.24, 2.45) is 0 Å². The number of halogens is 1. The van der Waals surface area contributed by atoms with Gasteiger partial charge in [-0.25, -0.2) is 9.97 Å². The molecule has 2 heterocycles. The van der Waals surface area contributed by atoms with Gasteiger partial charge in [0, 0.05) is 48.9 Å². The van der Waals surface area contributed by atoms with E-state index in [0.29, 0.717) is 23.9 Å². The molecule has 1 aromatic carbocycles. The minimum atomic E-state index is -0.00556. The molecule has 0 bridgehead atoms. The first-order chi connectivity index (χ1) is 13.3. The largest absolute Gasteiger partial charge is 0.484 e. The summed E-state index contributed by atoms with van der Waals surface area (Å²) in [6.45, 7) is 10.9. The van der Waals surface area contributed by atoms with Crippen LogP contribution < -0.4 is 9.64 Å². The normalized spacial score (nSPS) is 14.5. The molecule has 3 rings (SSSR count). The SMILES string of the molecule is Cc1cc(N2CCN(C(=O)COc3ccc(Cl)c(C)c3)CC2)nc(C(C)C)n1. The molecule has 1 aliphatic rings. The van der Waals surface area contributed by atoms with Gasteiger partial charge in [0.15, 0.2) is 6.61 Å². The summed E-state index contributed by atoms with van der Waals surface area (Å²) < 4.78 is 5.64. The molecular weight excluding hydrogens is 376 g/mol. The van der Waals surface area contributed by atoms with Gasteiger partial charge in [-0.05, 0) is 37.6 Å². The Morgan fingerprint density at radius 2 is 1.86 bits per heavy atom. The number of piperazine rings is 1. The van der Waals surface area contributed by atoms with E-state index in [0.717, 1.165) is 36.0 Å². The summed E-state index contributed by atoms with van der Waals surface area (Å²) in [7, 11) is 0. The Bertz CT molecular complexity index is 848. The molecule has 1 amide bonds. The summed E-state index contributed by atoms with van der Waals surface area (Å²) in [6, 6.07) is 7.42. The van der Waals surface area contributed by atoms with Crippen molar-refractivity contribution >= 4 is 23.3 Å². The average molecular weight is 403 g/mol. The number of nitrogens with zero attached hydrogens (tertiary/aromatic N) is 4. The Balaban J connectivity index is 1.54. The Labute approximate surface area is 171 Å². The molecule has 0 N–H and O–H groups in total. The van der Waals surface area contributed by atoms with E-state index < -0.39 is 0 Å². The predicted molar refractivity (Wildman–Crippen MR) is 111 cm³/mol. The van der Waals surface area contributed by atoms with Gasteiger partial charge in [-0.1, -0.05) is 25.4 Å². The minimum Gasteiger partial charge on any atom is -0.484 e. The molecule has 0 spiro atoms. The molecule has 7 heteroatoms. The highest BCUT2D eigenvalue weighted by Crippen LogP contribution is 2.21. The first kappa shape index (κ1) is 20.4. The van der Waals surface area contributed by atoms with Crippen LogP contribution in [-0.2, 0) is 4.79 Å². The standard InChI is InChI=1S/C21H27ClN4O2/c1-14(2)21-23-16(4)12-19(24-21)25-7-9-26(10-8-25)20(27)13-28-17-5-6-18(22)15(3)11-17/h5-6,11-12,14H,7-10,13H2,1-4H3. The zero-order valence-electron chi connectivity index (χ0n) is 16.9. The van der Waals surface area contributed by atoms with E-state index in [1.165, 1.54) is 0 Å². The fourth-order valence-electron chi connectivity index (χ4n) is 3.12. The number of anilines is 1. The molecule has 1 aromatic heterocycles. The summed E-state index contributed by atoms with van der Waals surface area (Å²) in [5, 5.41) is 0.690. The van der Waals surface area contributed by atoms with E-state index in [2.05, 4.69) is 23.7 Å². The van der Waals surface area contributed by atoms with Crippen LogP contribution in [0.3, 0.4) is 0 Å². The molecule has 150 valence electrons. The summed E-state index contributed by atoms with van der Waals surface area (Å²) in [5.74, 6) is 2.74. The second kappa shape index (κ2) is 8.78. The number of amides is 1. The molecule has 28 heavy (non-hydrogen) atoms. The van der Waals surface area contributed by atoms with Crippen LogP contribution in [0.5, 0.6) is 5.75 Å². The fourth-order valence-corrected chi connectivity index (χ4v) is 3.24. The zero-order chi connectivity index (χ0) is 20.3. The van der Waals surface area contributed by atoms with Crippen LogP contribution in [0, 0.1) is 13.8 Å². The molecule has 1 aliphatic heterocycles. The van der Waals surface area contributed by atoms with Crippen molar-refractivity contribution in [2.45, 2.75) is 33.6 Å². The topological polar surface area (TPSA) is 58.6 Å². The van der Waals surface area contributed by atoms with Gasteiger partial charge < -0.3 is 14.5 Å². The van der Waals surface area contributed by atoms with Crippen LogP contribution in [-0.4, -0.2) is 53.6 Å². The molecule has 6 nitrogen and oxygen atoms in total. The van der Waals surface area contributed by atoms with Gasteiger partial charge in [-0.2, -0.15) is 0 Å². The monoisotopic (exact) mass is 402 g/mol. The van der Waals surface area contributed by atoms with Gasteiger partial charge in [0.2, 0.25) is 0 Å². The lowest BCUT2D eigenvalue weighted by atomic mass is 10.2. The summed E-state index contributed by atoms with van der Waals surface area (Å²) in [6.07, 6.45) is 0. The lowest BCUT2D eigenvalue weighted by molar-refractivity contribution is -0.133. The zero-order valence-corrected chi connectivity index (χ0v) is 17.7. The molecule has 0 atom stereocenters. The summed E-state index contributed by atoms with van der Waals surface area (Å²) in [4.78, 5) is 25.8. The minimum absolute atomic E-state index is 0.00556. The maximum Gasteiger partial charge on any atom is 0.260 e. The van der Waals surface area contributed by atoms with Crippen LogP contribution >= 0.6 is 11.6 Å². The van der Waals surface area contributed by atoms with Crippen LogP contribution in [0.4, 0.5) is 5.82 Å². The first-order valence-electron chi connectivity index (χ1n) is 9.60. The Morgan fingerprint density at radius 1 is 1.14 bits per heavy atom. The maximum atomic E-state index is 12.5. The number of benzene rings is 1. The molecule has 0 radical (unpaired) electrons.